The van der Waals surface area contributed by atoms with E-state index in [9.17, 15) is 4.79 Å². The average molecular weight is 361 g/mol. The molecule has 0 unspecified atom stereocenters. The Morgan fingerprint density at radius 2 is 1.88 bits per heavy atom. The van der Waals surface area contributed by atoms with Gasteiger partial charge in [-0.2, -0.15) is 0 Å². The first-order valence-electron chi connectivity index (χ1n) is 8.22. The number of carbonyl (C=O) groups is 1. The van der Waals surface area contributed by atoms with Gasteiger partial charge in [0.1, 0.15) is 0 Å². The van der Waals surface area contributed by atoms with Crippen LogP contribution in [0.3, 0.4) is 0 Å². The van der Waals surface area contributed by atoms with Crippen molar-refractivity contribution in [3.63, 3.8) is 0 Å². The van der Waals surface area contributed by atoms with Gasteiger partial charge in [0.15, 0.2) is 0 Å². The largest absolute Gasteiger partial charge is 0.323 e. The lowest BCUT2D eigenvalue weighted by Gasteiger charge is -2.05. The highest BCUT2D eigenvalue weighted by atomic mass is 32.2. The van der Waals surface area contributed by atoms with Gasteiger partial charge in [0.05, 0.1) is 0 Å². The zero-order chi connectivity index (χ0) is 18.2. The van der Waals surface area contributed by atoms with Crippen LogP contribution < -0.4 is 5.32 Å². The summed E-state index contributed by atoms with van der Waals surface area (Å²) >= 11 is 1.74. The molecule has 0 atom stereocenters. The summed E-state index contributed by atoms with van der Waals surface area (Å²) in [6, 6.07) is 13.7. The Bertz CT molecular complexity index is 893. The minimum absolute atomic E-state index is 0.163. The molecule has 2 aromatic heterocycles. The van der Waals surface area contributed by atoms with E-state index in [1.807, 2.05) is 49.5 Å². The maximum Gasteiger partial charge on any atom is 0.248 e. The van der Waals surface area contributed by atoms with Crippen LogP contribution in [0.4, 0.5) is 5.69 Å². The molecular weight excluding hydrogens is 342 g/mol. The topological polar surface area (TPSA) is 54.9 Å². The molecule has 3 aromatic rings. The molecule has 130 valence electrons. The molecule has 1 aromatic carbocycles. The van der Waals surface area contributed by atoms with Crippen molar-refractivity contribution in [1.82, 2.24) is 9.97 Å². The van der Waals surface area contributed by atoms with Gasteiger partial charge in [-0.15, -0.1) is 11.8 Å². The number of nitrogens with zero attached hydrogens (tertiary/aromatic N) is 2. The van der Waals surface area contributed by atoms with Gasteiger partial charge in [-0.1, -0.05) is 6.07 Å². The van der Waals surface area contributed by atoms with Crippen molar-refractivity contribution in [3.8, 4) is 0 Å². The van der Waals surface area contributed by atoms with Gasteiger partial charge in [0, 0.05) is 47.2 Å². The van der Waals surface area contributed by atoms with Gasteiger partial charge >= 0.3 is 0 Å². The molecule has 26 heavy (non-hydrogen) atoms. The van der Waals surface area contributed by atoms with Crippen LogP contribution in [0.2, 0.25) is 0 Å². The Balaban J connectivity index is 1.53. The number of hydrogen-bond acceptors (Lipinski definition) is 4. The monoisotopic (exact) mass is 361 g/mol. The summed E-state index contributed by atoms with van der Waals surface area (Å²) in [5, 5.41) is 2.87. The van der Waals surface area contributed by atoms with Crippen molar-refractivity contribution in [3.05, 3.63) is 90.0 Å². The molecule has 0 fully saturated rings. The highest BCUT2D eigenvalue weighted by molar-refractivity contribution is 7.98. The summed E-state index contributed by atoms with van der Waals surface area (Å²) < 4.78 is 0. The van der Waals surface area contributed by atoms with Gasteiger partial charge < -0.3 is 5.32 Å². The third kappa shape index (κ3) is 5.29. The molecule has 1 N–H and O–H groups in total. The first-order chi connectivity index (χ1) is 12.7. The van der Waals surface area contributed by atoms with E-state index in [0.29, 0.717) is 0 Å². The van der Waals surface area contributed by atoms with E-state index < -0.39 is 0 Å². The first-order valence-corrected chi connectivity index (χ1v) is 9.21. The Hall–Kier alpha value is -2.92. The number of rotatable bonds is 6. The molecule has 0 saturated heterocycles. The third-order valence-corrected chi connectivity index (χ3v) is 4.83. The van der Waals surface area contributed by atoms with Crippen LogP contribution in [0.25, 0.3) is 6.08 Å². The van der Waals surface area contributed by atoms with E-state index >= 15 is 0 Å². The fraction of sp³-hybridized carbons (Fsp3) is 0.0952. The van der Waals surface area contributed by atoms with Gasteiger partial charge in [-0.05, 0) is 66.1 Å². The second kappa shape index (κ2) is 8.97. The second-order valence-electron chi connectivity index (χ2n) is 5.73. The van der Waals surface area contributed by atoms with Crippen molar-refractivity contribution < 1.29 is 4.79 Å². The summed E-state index contributed by atoms with van der Waals surface area (Å²) in [4.78, 5) is 21.4. The molecule has 0 spiro atoms. The van der Waals surface area contributed by atoms with E-state index in [4.69, 9.17) is 0 Å². The van der Waals surface area contributed by atoms with Crippen LogP contribution in [0.15, 0.2) is 78.2 Å². The summed E-state index contributed by atoms with van der Waals surface area (Å²) in [6.45, 7) is 1.99. The number of hydrogen-bond donors (Lipinski definition) is 1. The number of thioether (sulfide) groups is 1. The number of amides is 1. The molecule has 0 radical (unpaired) electrons. The number of nitrogens with one attached hydrogen (secondary N) is 1. The van der Waals surface area contributed by atoms with Gasteiger partial charge in [0.25, 0.3) is 0 Å². The lowest BCUT2D eigenvalue weighted by molar-refractivity contribution is -0.111. The summed E-state index contributed by atoms with van der Waals surface area (Å²) in [5.74, 6) is 0.705. The number of anilines is 1. The number of benzene rings is 1. The fourth-order valence-corrected chi connectivity index (χ4v) is 3.12. The number of aryl methyl sites for hydroxylation is 1. The van der Waals surface area contributed by atoms with Crippen molar-refractivity contribution >= 4 is 29.4 Å². The predicted molar refractivity (Wildman–Crippen MR) is 107 cm³/mol. The van der Waals surface area contributed by atoms with Crippen LogP contribution in [-0.4, -0.2) is 15.9 Å². The van der Waals surface area contributed by atoms with Gasteiger partial charge in [-0.25, -0.2) is 0 Å². The van der Waals surface area contributed by atoms with Crippen LogP contribution in [0, 0.1) is 6.92 Å². The molecule has 0 bridgehead atoms. The molecule has 3 rings (SSSR count). The number of pyridine rings is 2. The Labute approximate surface area is 157 Å². The van der Waals surface area contributed by atoms with Crippen LogP contribution in [0.1, 0.15) is 16.7 Å². The Morgan fingerprint density at radius 3 is 2.62 bits per heavy atom. The van der Waals surface area contributed by atoms with E-state index in [-0.39, 0.29) is 5.91 Å². The van der Waals surface area contributed by atoms with Crippen molar-refractivity contribution in [2.45, 2.75) is 17.6 Å². The summed E-state index contributed by atoms with van der Waals surface area (Å²) in [5.41, 5.74) is 3.97. The SMILES string of the molecule is Cc1ccncc1/C=C/C(=O)Nc1ccc(SCc2cccnc2)cc1. The van der Waals surface area contributed by atoms with Crippen LogP contribution in [0.5, 0.6) is 0 Å². The Kier molecular flexibility index (Phi) is 6.17. The van der Waals surface area contributed by atoms with Crippen molar-refractivity contribution in [2.75, 3.05) is 5.32 Å². The minimum Gasteiger partial charge on any atom is -0.323 e. The molecule has 0 aliphatic carbocycles. The molecule has 5 heteroatoms. The molecule has 0 aliphatic rings. The number of carbonyl (C=O) groups excluding carboxylic acids is 1. The molecule has 0 aliphatic heterocycles. The normalized spacial score (nSPS) is 10.8. The van der Waals surface area contributed by atoms with Crippen LogP contribution in [-0.2, 0) is 10.5 Å². The smallest absolute Gasteiger partial charge is 0.248 e. The lowest BCUT2D eigenvalue weighted by Crippen LogP contribution is -2.07. The summed E-state index contributed by atoms with van der Waals surface area (Å²) in [6.07, 6.45) is 10.4. The predicted octanol–water partition coefficient (Wildman–Crippen LogP) is 4.73. The Morgan fingerprint density at radius 1 is 1.08 bits per heavy atom. The second-order valence-corrected chi connectivity index (χ2v) is 6.78. The molecule has 0 saturated carbocycles. The fourth-order valence-electron chi connectivity index (χ4n) is 2.28. The van der Waals surface area contributed by atoms with E-state index in [1.54, 1.807) is 36.4 Å². The maximum atomic E-state index is 12.1. The van der Waals surface area contributed by atoms with E-state index in [2.05, 4.69) is 21.4 Å². The van der Waals surface area contributed by atoms with Crippen LogP contribution >= 0.6 is 11.8 Å². The van der Waals surface area contributed by atoms with E-state index in [1.165, 1.54) is 11.6 Å². The average Bonchev–Trinajstić information content (AvgIpc) is 2.68. The molecular formula is C21H19N3OS. The number of aromatic nitrogens is 2. The van der Waals surface area contributed by atoms with E-state index in [0.717, 1.165) is 27.5 Å². The lowest BCUT2D eigenvalue weighted by atomic mass is 10.1. The summed E-state index contributed by atoms with van der Waals surface area (Å²) in [7, 11) is 0. The van der Waals surface area contributed by atoms with Crippen molar-refractivity contribution in [1.29, 1.82) is 0 Å². The zero-order valence-corrected chi connectivity index (χ0v) is 15.2. The quantitative estimate of drug-likeness (QED) is 0.509. The highest BCUT2D eigenvalue weighted by Crippen LogP contribution is 2.24. The highest BCUT2D eigenvalue weighted by Gasteiger charge is 2.01. The standard InChI is InChI=1S/C21H19N3OS/c1-16-10-12-23-14-18(16)4-9-21(25)24-19-5-7-20(8-6-19)26-15-17-3-2-11-22-13-17/h2-14H,15H2,1H3,(H,24,25)/b9-4+. The first kappa shape index (κ1) is 17.9. The van der Waals surface area contributed by atoms with Gasteiger partial charge in [0.2, 0.25) is 5.91 Å². The third-order valence-electron chi connectivity index (χ3n) is 3.74. The van der Waals surface area contributed by atoms with Crippen molar-refractivity contribution in [2.24, 2.45) is 0 Å². The van der Waals surface area contributed by atoms with Gasteiger partial charge in [-0.3, -0.25) is 14.8 Å². The molecule has 2 heterocycles. The molecule has 1 amide bonds. The maximum absolute atomic E-state index is 12.1. The minimum atomic E-state index is -0.163. The molecule has 4 nitrogen and oxygen atoms in total. The zero-order valence-electron chi connectivity index (χ0n) is 14.4.